The molecule has 0 aliphatic heterocycles. The van der Waals surface area contributed by atoms with Crippen LogP contribution in [0.4, 0.5) is 39.5 Å². The van der Waals surface area contributed by atoms with Crippen LogP contribution in [-0.4, -0.2) is 38.4 Å². The maximum absolute atomic E-state index is 13.9. The van der Waals surface area contributed by atoms with Gasteiger partial charge in [-0.15, -0.1) is 0 Å². The molecule has 1 aliphatic carbocycles. The SMILES string of the molecule is O=C(O)C1C(I)(CC=CCCCC(F)(F)F)CC(F)(F)C(F)(F)C1(F)F. The minimum atomic E-state index is -5.84. The molecule has 1 aliphatic rings. The predicted molar refractivity (Wildman–Crippen MR) is 81.0 cm³/mol. The van der Waals surface area contributed by atoms with E-state index in [9.17, 15) is 44.3 Å². The average Bonchev–Trinajstić information content (AvgIpc) is 2.38. The minimum absolute atomic E-state index is 0.160. The third kappa shape index (κ3) is 4.58. The smallest absolute Gasteiger partial charge is 0.389 e. The zero-order valence-corrected chi connectivity index (χ0v) is 15.1. The highest BCUT2D eigenvalue weighted by molar-refractivity contribution is 14.1. The van der Waals surface area contributed by atoms with Crippen molar-refractivity contribution in [2.24, 2.45) is 5.92 Å². The normalized spacial score (nSPS) is 30.5. The van der Waals surface area contributed by atoms with Crippen molar-refractivity contribution < 1.29 is 49.4 Å². The fourth-order valence-electron chi connectivity index (χ4n) is 2.72. The standard InChI is InChI=1S/C14H14F9IO2/c15-11(16)7-10(24,5-3-1-2-4-6-12(17,18)19)8(9(25)26)13(20,21)14(11,22)23/h1,3,8H,2,4-7H2,(H,25,26). The molecule has 0 bridgehead atoms. The van der Waals surface area contributed by atoms with Crippen molar-refractivity contribution >= 4 is 28.6 Å². The molecule has 2 atom stereocenters. The van der Waals surface area contributed by atoms with Gasteiger partial charge in [0.1, 0.15) is 5.92 Å². The van der Waals surface area contributed by atoms with E-state index >= 15 is 0 Å². The molecule has 26 heavy (non-hydrogen) atoms. The number of alkyl halides is 10. The van der Waals surface area contributed by atoms with Crippen molar-refractivity contribution in [2.45, 2.75) is 59.5 Å². The molecule has 0 aromatic rings. The summed E-state index contributed by atoms with van der Waals surface area (Å²) in [5, 5.41) is 8.93. The summed E-state index contributed by atoms with van der Waals surface area (Å²) >= 11 is 1.00. The van der Waals surface area contributed by atoms with Gasteiger partial charge in [0, 0.05) is 12.8 Å². The number of allylic oxidation sites excluding steroid dienone is 2. The molecule has 0 saturated heterocycles. The third-order valence-electron chi connectivity index (χ3n) is 3.98. The Labute approximate surface area is 155 Å². The molecule has 2 nitrogen and oxygen atoms in total. The topological polar surface area (TPSA) is 37.3 Å². The van der Waals surface area contributed by atoms with E-state index < -0.39 is 58.5 Å². The van der Waals surface area contributed by atoms with E-state index in [0.29, 0.717) is 0 Å². The van der Waals surface area contributed by atoms with E-state index in [4.69, 9.17) is 5.11 Å². The van der Waals surface area contributed by atoms with Gasteiger partial charge < -0.3 is 5.11 Å². The first kappa shape index (κ1) is 23.3. The lowest BCUT2D eigenvalue weighted by molar-refractivity contribution is -0.347. The zero-order chi connectivity index (χ0) is 20.6. The second-order valence-corrected chi connectivity index (χ2v) is 8.22. The number of carboxylic acid groups (broad SMARTS) is 1. The molecule has 0 spiro atoms. The first-order valence-corrected chi connectivity index (χ1v) is 8.33. The molecule has 0 aromatic heterocycles. The van der Waals surface area contributed by atoms with Crippen LogP contribution in [0.1, 0.15) is 32.1 Å². The molecule has 0 amide bonds. The van der Waals surface area contributed by atoms with Crippen LogP contribution < -0.4 is 0 Å². The van der Waals surface area contributed by atoms with E-state index in [1.54, 1.807) is 0 Å². The monoisotopic (exact) mass is 512 g/mol. The number of aliphatic carboxylic acids is 1. The van der Waals surface area contributed by atoms with Gasteiger partial charge in [-0.25, -0.2) is 0 Å². The Morgan fingerprint density at radius 1 is 1.12 bits per heavy atom. The molecule has 12 heteroatoms. The summed E-state index contributed by atoms with van der Waals surface area (Å²) in [5.41, 5.74) is 0. The van der Waals surface area contributed by atoms with Crippen molar-refractivity contribution in [1.29, 1.82) is 0 Å². The summed E-state index contributed by atoms with van der Waals surface area (Å²) in [7, 11) is 0. The van der Waals surface area contributed by atoms with Crippen molar-refractivity contribution in [3.05, 3.63) is 12.2 Å². The van der Waals surface area contributed by atoms with Crippen LogP contribution in [0.15, 0.2) is 12.2 Å². The van der Waals surface area contributed by atoms with Crippen LogP contribution in [0.25, 0.3) is 0 Å². The molecule has 2 unspecified atom stereocenters. The molecule has 0 heterocycles. The van der Waals surface area contributed by atoms with E-state index in [1.165, 1.54) is 0 Å². The van der Waals surface area contributed by atoms with Crippen LogP contribution in [0.3, 0.4) is 0 Å². The quantitative estimate of drug-likeness (QED) is 0.160. The molecular formula is C14H14F9IO2. The number of unbranched alkanes of at least 4 members (excludes halogenated alkanes) is 1. The number of halogens is 10. The fourth-order valence-corrected chi connectivity index (χ4v) is 4.11. The van der Waals surface area contributed by atoms with Crippen molar-refractivity contribution in [3.63, 3.8) is 0 Å². The summed E-state index contributed by atoms with van der Waals surface area (Å²) in [4.78, 5) is 11.1. The Kier molecular flexibility index (Phi) is 6.63. The van der Waals surface area contributed by atoms with Crippen molar-refractivity contribution in [2.75, 3.05) is 0 Å². The van der Waals surface area contributed by atoms with Gasteiger partial charge >= 0.3 is 29.9 Å². The Morgan fingerprint density at radius 2 is 1.65 bits per heavy atom. The van der Waals surface area contributed by atoms with Crippen LogP contribution in [-0.2, 0) is 4.79 Å². The Hall–Kier alpha value is -0.690. The third-order valence-corrected chi connectivity index (χ3v) is 5.42. The second kappa shape index (κ2) is 7.38. The van der Waals surface area contributed by atoms with Gasteiger partial charge in [-0.2, -0.15) is 39.5 Å². The van der Waals surface area contributed by atoms with Crippen LogP contribution in [0.2, 0.25) is 0 Å². The van der Waals surface area contributed by atoms with Crippen molar-refractivity contribution in [1.82, 2.24) is 0 Å². The van der Waals surface area contributed by atoms with Gasteiger partial charge in [0.25, 0.3) is 0 Å². The largest absolute Gasteiger partial charge is 0.481 e. The van der Waals surface area contributed by atoms with E-state index in [-0.39, 0.29) is 12.8 Å². The summed E-state index contributed by atoms with van der Waals surface area (Å²) in [6.07, 6.45) is -6.51. The number of hydrogen-bond donors (Lipinski definition) is 1. The molecule has 1 N–H and O–H groups in total. The summed E-state index contributed by atoms with van der Waals surface area (Å²) in [6, 6.07) is 0. The Balaban J connectivity index is 2.98. The Bertz CT molecular complexity index is 559. The maximum Gasteiger partial charge on any atom is 0.389 e. The van der Waals surface area contributed by atoms with Gasteiger partial charge in [-0.1, -0.05) is 34.7 Å². The minimum Gasteiger partial charge on any atom is -0.481 e. The summed E-state index contributed by atoms with van der Waals surface area (Å²) < 4.78 is 115. The lowest BCUT2D eigenvalue weighted by atomic mass is 9.71. The molecular weight excluding hydrogens is 498 g/mol. The molecule has 0 aromatic carbocycles. The highest BCUT2D eigenvalue weighted by Crippen LogP contribution is 2.62. The van der Waals surface area contributed by atoms with Crippen LogP contribution in [0, 0.1) is 5.92 Å². The molecule has 152 valence electrons. The lowest BCUT2D eigenvalue weighted by Gasteiger charge is -2.48. The van der Waals surface area contributed by atoms with E-state index in [1.807, 2.05) is 0 Å². The van der Waals surface area contributed by atoms with Crippen LogP contribution in [0.5, 0.6) is 0 Å². The van der Waals surface area contributed by atoms with Gasteiger partial charge in [-0.3, -0.25) is 4.79 Å². The fraction of sp³-hybridized carbons (Fsp3) is 0.786. The first-order valence-electron chi connectivity index (χ1n) is 7.25. The van der Waals surface area contributed by atoms with Gasteiger partial charge in [0.05, 0.1) is 3.42 Å². The Morgan fingerprint density at radius 3 is 2.12 bits per heavy atom. The zero-order valence-electron chi connectivity index (χ0n) is 12.9. The molecule has 1 rings (SSSR count). The highest BCUT2D eigenvalue weighted by Gasteiger charge is 2.82. The predicted octanol–water partition coefficient (Wildman–Crippen LogP) is 5.85. The van der Waals surface area contributed by atoms with E-state index in [0.717, 1.165) is 34.7 Å². The molecule has 1 saturated carbocycles. The molecule has 0 radical (unpaired) electrons. The molecule has 1 fully saturated rings. The van der Waals surface area contributed by atoms with Crippen molar-refractivity contribution in [3.8, 4) is 0 Å². The first-order chi connectivity index (χ1) is 11.5. The highest BCUT2D eigenvalue weighted by atomic mass is 127. The van der Waals surface area contributed by atoms with Gasteiger partial charge in [-0.05, 0) is 19.3 Å². The summed E-state index contributed by atoms with van der Waals surface area (Å²) in [6.45, 7) is 0. The van der Waals surface area contributed by atoms with Gasteiger partial charge in [0.15, 0.2) is 0 Å². The number of carbonyl (C=O) groups is 1. The maximum atomic E-state index is 13.9. The number of rotatable bonds is 6. The number of hydrogen-bond acceptors (Lipinski definition) is 1. The van der Waals surface area contributed by atoms with E-state index in [2.05, 4.69) is 0 Å². The van der Waals surface area contributed by atoms with Crippen LogP contribution >= 0.6 is 22.6 Å². The summed E-state index contributed by atoms with van der Waals surface area (Å²) in [5.74, 6) is -21.9. The lowest BCUT2D eigenvalue weighted by Crippen LogP contribution is -2.69. The second-order valence-electron chi connectivity index (χ2n) is 6.07. The number of carboxylic acids is 1. The van der Waals surface area contributed by atoms with Gasteiger partial charge in [0.2, 0.25) is 0 Å². The average molecular weight is 512 g/mol.